The number of morpholine rings is 1. The number of para-hydroxylation sites is 1. The number of aryl methyl sites for hydroxylation is 1. The molecule has 4 rings (SSSR count). The highest BCUT2D eigenvalue weighted by molar-refractivity contribution is 6.04. The minimum atomic E-state index is -0.243. The summed E-state index contributed by atoms with van der Waals surface area (Å²) in [5.41, 5.74) is 1.77. The Bertz CT molecular complexity index is 971. The molecule has 3 aromatic rings. The fourth-order valence-corrected chi connectivity index (χ4v) is 3.02. The molecule has 0 aliphatic carbocycles. The number of ether oxygens (including phenoxy) is 2. The van der Waals surface area contributed by atoms with Gasteiger partial charge in [-0.3, -0.25) is 4.79 Å². The number of amides is 1. The fraction of sp³-hybridized carbons (Fsp3) is 0.227. The minimum absolute atomic E-state index is 0.243. The first-order valence-electron chi connectivity index (χ1n) is 9.50. The maximum absolute atomic E-state index is 12.6. The van der Waals surface area contributed by atoms with E-state index in [1.54, 1.807) is 18.3 Å². The van der Waals surface area contributed by atoms with Gasteiger partial charge >= 0.3 is 0 Å². The van der Waals surface area contributed by atoms with Crippen LogP contribution in [-0.2, 0) is 4.74 Å². The van der Waals surface area contributed by atoms with E-state index in [0.29, 0.717) is 41.9 Å². The van der Waals surface area contributed by atoms with E-state index in [-0.39, 0.29) is 5.91 Å². The van der Waals surface area contributed by atoms with Crippen LogP contribution in [0.15, 0.2) is 60.8 Å². The minimum Gasteiger partial charge on any atom is -0.457 e. The number of hydrogen-bond donors (Lipinski definition) is 1. The lowest BCUT2D eigenvalue weighted by molar-refractivity contribution is 0.102. The summed E-state index contributed by atoms with van der Waals surface area (Å²) in [6.07, 6.45) is 1.58. The molecule has 148 valence electrons. The van der Waals surface area contributed by atoms with E-state index in [1.165, 1.54) is 0 Å². The van der Waals surface area contributed by atoms with Gasteiger partial charge in [0.05, 0.1) is 24.5 Å². The molecular weight excluding hydrogens is 368 g/mol. The van der Waals surface area contributed by atoms with E-state index in [1.807, 2.05) is 49.4 Å². The Morgan fingerprint density at radius 3 is 2.41 bits per heavy atom. The molecule has 2 heterocycles. The summed E-state index contributed by atoms with van der Waals surface area (Å²) in [5, 5.41) is 2.88. The molecule has 0 bridgehead atoms. The van der Waals surface area contributed by atoms with Gasteiger partial charge in [0, 0.05) is 25.0 Å². The van der Waals surface area contributed by atoms with E-state index in [2.05, 4.69) is 20.2 Å². The third-order valence-corrected chi connectivity index (χ3v) is 4.60. The Labute approximate surface area is 169 Å². The zero-order valence-electron chi connectivity index (χ0n) is 16.2. The van der Waals surface area contributed by atoms with Crippen LogP contribution < -0.4 is 15.0 Å². The largest absolute Gasteiger partial charge is 0.457 e. The molecule has 0 unspecified atom stereocenters. The lowest BCUT2D eigenvalue weighted by Gasteiger charge is -2.27. The predicted octanol–water partition coefficient (Wildman–Crippen LogP) is 3.67. The zero-order valence-corrected chi connectivity index (χ0v) is 16.2. The van der Waals surface area contributed by atoms with Crippen LogP contribution in [0.4, 0.5) is 11.6 Å². The molecule has 1 aliphatic heterocycles. The van der Waals surface area contributed by atoms with Gasteiger partial charge in [-0.05, 0) is 43.3 Å². The average Bonchev–Trinajstić information content (AvgIpc) is 2.76. The van der Waals surface area contributed by atoms with Crippen molar-refractivity contribution < 1.29 is 14.3 Å². The van der Waals surface area contributed by atoms with E-state index in [0.717, 1.165) is 18.8 Å². The molecule has 1 saturated heterocycles. The van der Waals surface area contributed by atoms with Gasteiger partial charge in [0.2, 0.25) is 5.95 Å². The molecule has 2 aromatic carbocycles. The molecule has 0 spiro atoms. The van der Waals surface area contributed by atoms with Crippen molar-refractivity contribution in [1.29, 1.82) is 0 Å². The van der Waals surface area contributed by atoms with Crippen molar-refractivity contribution in [3.05, 3.63) is 72.1 Å². The molecular formula is C22H22N4O3. The third kappa shape index (κ3) is 4.70. The highest BCUT2D eigenvalue weighted by atomic mass is 16.5. The molecule has 0 atom stereocenters. The predicted molar refractivity (Wildman–Crippen MR) is 111 cm³/mol. The number of carbonyl (C=O) groups excluding carboxylic acids is 1. The Morgan fingerprint density at radius 1 is 1.03 bits per heavy atom. The molecule has 7 nitrogen and oxygen atoms in total. The smallest absolute Gasteiger partial charge is 0.259 e. The Hall–Kier alpha value is -3.45. The number of aromatic nitrogens is 2. The summed E-state index contributed by atoms with van der Waals surface area (Å²) < 4.78 is 11.1. The van der Waals surface area contributed by atoms with Crippen molar-refractivity contribution in [3.8, 4) is 11.5 Å². The van der Waals surface area contributed by atoms with E-state index >= 15 is 0 Å². The lowest BCUT2D eigenvalue weighted by atomic mass is 10.2. The SMILES string of the molecule is Cc1nc(N2CCOCC2)ncc1C(=O)Nc1ccc(Oc2ccccc2)cc1. The number of anilines is 2. The zero-order chi connectivity index (χ0) is 20.1. The van der Waals surface area contributed by atoms with E-state index in [4.69, 9.17) is 9.47 Å². The van der Waals surface area contributed by atoms with Crippen LogP contribution in [0.2, 0.25) is 0 Å². The monoisotopic (exact) mass is 390 g/mol. The van der Waals surface area contributed by atoms with Crippen molar-refractivity contribution in [2.24, 2.45) is 0 Å². The number of hydrogen-bond acceptors (Lipinski definition) is 6. The number of rotatable bonds is 5. The maximum atomic E-state index is 12.6. The highest BCUT2D eigenvalue weighted by Crippen LogP contribution is 2.23. The van der Waals surface area contributed by atoms with Gasteiger partial charge in [0.25, 0.3) is 5.91 Å². The Balaban J connectivity index is 1.41. The normalized spacial score (nSPS) is 13.8. The summed E-state index contributed by atoms with van der Waals surface area (Å²) in [6.45, 7) is 4.64. The van der Waals surface area contributed by atoms with Gasteiger partial charge in [-0.2, -0.15) is 0 Å². The molecule has 7 heteroatoms. The van der Waals surface area contributed by atoms with Crippen LogP contribution in [-0.4, -0.2) is 42.2 Å². The molecule has 0 saturated carbocycles. The number of benzene rings is 2. The van der Waals surface area contributed by atoms with Crippen molar-refractivity contribution in [1.82, 2.24) is 9.97 Å². The highest BCUT2D eigenvalue weighted by Gasteiger charge is 2.17. The molecule has 1 aliphatic rings. The number of nitrogens with zero attached hydrogens (tertiary/aromatic N) is 3. The van der Waals surface area contributed by atoms with Crippen molar-refractivity contribution in [2.45, 2.75) is 6.92 Å². The summed E-state index contributed by atoms with van der Waals surface area (Å²) in [5.74, 6) is 1.85. The summed E-state index contributed by atoms with van der Waals surface area (Å²) in [4.78, 5) is 23.6. The molecule has 1 aromatic heterocycles. The quantitative estimate of drug-likeness (QED) is 0.716. The maximum Gasteiger partial charge on any atom is 0.259 e. The second-order valence-corrected chi connectivity index (χ2v) is 6.66. The van der Waals surface area contributed by atoms with Crippen LogP contribution in [0, 0.1) is 6.92 Å². The van der Waals surface area contributed by atoms with Crippen molar-refractivity contribution in [3.63, 3.8) is 0 Å². The Kier molecular flexibility index (Phi) is 5.67. The van der Waals surface area contributed by atoms with Gasteiger partial charge in [-0.1, -0.05) is 18.2 Å². The van der Waals surface area contributed by atoms with Crippen LogP contribution in [0.25, 0.3) is 0 Å². The Morgan fingerprint density at radius 2 is 1.72 bits per heavy atom. The van der Waals surface area contributed by atoms with Crippen molar-refractivity contribution >= 4 is 17.5 Å². The second-order valence-electron chi connectivity index (χ2n) is 6.66. The van der Waals surface area contributed by atoms with Gasteiger partial charge in [-0.15, -0.1) is 0 Å². The van der Waals surface area contributed by atoms with Crippen molar-refractivity contribution in [2.75, 3.05) is 36.5 Å². The number of carbonyl (C=O) groups is 1. The van der Waals surface area contributed by atoms with Crippen LogP contribution in [0.5, 0.6) is 11.5 Å². The molecule has 1 amide bonds. The van der Waals surface area contributed by atoms with E-state index < -0.39 is 0 Å². The van der Waals surface area contributed by atoms with Gasteiger partial charge in [0.1, 0.15) is 11.5 Å². The van der Waals surface area contributed by atoms with Crippen LogP contribution >= 0.6 is 0 Å². The molecule has 1 N–H and O–H groups in total. The average molecular weight is 390 g/mol. The fourth-order valence-electron chi connectivity index (χ4n) is 3.02. The summed E-state index contributed by atoms with van der Waals surface area (Å²) in [6, 6.07) is 16.8. The lowest BCUT2D eigenvalue weighted by Crippen LogP contribution is -2.37. The first kappa shape index (κ1) is 18.9. The second kappa shape index (κ2) is 8.70. The van der Waals surface area contributed by atoms with Crippen LogP contribution in [0.3, 0.4) is 0 Å². The van der Waals surface area contributed by atoms with E-state index in [9.17, 15) is 4.79 Å². The first-order valence-corrected chi connectivity index (χ1v) is 9.50. The van der Waals surface area contributed by atoms with Gasteiger partial charge in [-0.25, -0.2) is 9.97 Å². The standard InChI is InChI=1S/C22H22N4O3/c1-16-20(15-23-22(24-16)26-11-13-28-14-12-26)21(27)25-17-7-9-19(10-8-17)29-18-5-3-2-4-6-18/h2-10,15H,11-14H2,1H3,(H,25,27). The van der Waals surface area contributed by atoms with Gasteiger partial charge in [0.15, 0.2) is 0 Å². The first-order chi connectivity index (χ1) is 14.2. The molecule has 0 radical (unpaired) electrons. The number of nitrogens with one attached hydrogen (secondary N) is 1. The topological polar surface area (TPSA) is 76.6 Å². The summed E-state index contributed by atoms with van der Waals surface area (Å²) >= 11 is 0. The molecule has 1 fully saturated rings. The third-order valence-electron chi connectivity index (χ3n) is 4.60. The molecule has 29 heavy (non-hydrogen) atoms. The van der Waals surface area contributed by atoms with Gasteiger partial charge < -0.3 is 19.7 Å². The van der Waals surface area contributed by atoms with Crippen LogP contribution in [0.1, 0.15) is 16.1 Å². The summed E-state index contributed by atoms with van der Waals surface area (Å²) in [7, 11) is 0.